The molecule has 4 rings (SSSR count). The van der Waals surface area contributed by atoms with Crippen LogP contribution in [0.25, 0.3) is 10.9 Å². The van der Waals surface area contributed by atoms with E-state index < -0.39 is 0 Å². The van der Waals surface area contributed by atoms with Crippen LogP contribution in [-0.2, 0) is 0 Å². The number of para-hydroxylation sites is 1. The molecule has 2 N–H and O–H groups in total. The molecule has 0 saturated carbocycles. The second-order valence-corrected chi connectivity index (χ2v) is 7.28. The first-order valence-electron chi connectivity index (χ1n) is 8.76. The molecule has 1 amide bonds. The number of halogens is 1. The number of nitrogens with zero attached hydrogens (tertiary/aromatic N) is 2. The van der Waals surface area contributed by atoms with Gasteiger partial charge in [0.25, 0.3) is 5.91 Å². The Bertz CT molecular complexity index is 1140. The van der Waals surface area contributed by atoms with Crippen molar-refractivity contribution >= 4 is 49.9 Å². The molecule has 1 heterocycles. The first-order chi connectivity index (χ1) is 13.6. The van der Waals surface area contributed by atoms with Crippen molar-refractivity contribution in [2.45, 2.75) is 6.92 Å². The Kier molecular flexibility index (Phi) is 5.04. The second kappa shape index (κ2) is 7.78. The van der Waals surface area contributed by atoms with Crippen molar-refractivity contribution in [1.82, 2.24) is 9.97 Å². The van der Waals surface area contributed by atoms with Gasteiger partial charge in [-0.3, -0.25) is 4.79 Å². The smallest absolute Gasteiger partial charge is 0.293 e. The Balaban J connectivity index is 1.69. The van der Waals surface area contributed by atoms with E-state index in [4.69, 9.17) is 0 Å². The highest BCUT2D eigenvalue weighted by molar-refractivity contribution is 9.10. The largest absolute Gasteiger partial charge is 0.340 e. The highest BCUT2D eigenvalue weighted by Crippen LogP contribution is 2.24. The molecule has 0 radical (unpaired) electrons. The summed E-state index contributed by atoms with van der Waals surface area (Å²) in [5.74, 6) is 0.340. The first-order valence-corrected chi connectivity index (χ1v) is 9.55. The van der Waals surface area contributed by atoms with E-state index in [2.05, 4.69) is 36.5 Å². The molecule has 0 aliphatic heterocycles. The number of hydrogen-bond acceptors (Lipinski definition) is 4. The molecule has 0 fully saturated rings. The van der Waals surface area contributed by atoms with E-state index in [0.717, 1.165) is 15.5 Å². The van der Waals surface area contributed by atoms with Gasteiger partial charge in [-0.2, -0.15) is 0 Å². The molecule has 6 heteroatoms. The summed E-state index contributed by atoms with van der Waals surface area (Å²) < 4.78 is 0.942. The van der Waals surface area contributed by atoms with Gasteiger partial charge in [-0.15, -0.1) is 0 Å². The molecule has 0 unspecified atom stereocenters. The fourth-order valence-electron chi connectivity index (χ4n) is 2.77. The number of rotatable bonds is 4. The van der Waals surface area contributed by atoms with Crippen LogP contribution >= 0.6 is 15.9 Å². The standard InChI is InChI=1S/C22H17BrN4O/c1-14-6-10-16(11-7-14)24-20-18-4-2-3-5-19(18)26-21(27-20)22(28)25-17-12-8-15(23)9-13-17/h2-13H,1H3,(H,25,28)(H,24,26,27). The van der Waals surface area contributed by atoms with Gasteiger partial charge >= 0.3 is 0 Å². The number of fused-ring (bicyclic) bond motifs is 1. The molecule has 0 bridgehead atoms. The minimum absolute atomic E-state index is 0.108. The van der Waals surface area contributed by atoms with Crippen LogP contribution < -0.4 is 10.6 Å². The molecule has 0 spiro atoms. The molecule has 138 valence electrons. The number of carbonyl (C=O) groups is 1. The van der Waals surface area contributed by atoms with Crippen molar-refractivity contribution in [3.8, 4) is 0 Å². The maximum absolute atomic E-state index is 12.7. The van der Waals surface area contributed by atoms with Gasteiger partial charge in [-0.05, 0) is 55.5 Å². The molecule has 28 heavy (non-hydrogen) atoms. The summed E-state index contributed by atoms with van der Waals surface area (Å²) in [5.41, 5.74) is 3.45. The average Bonchev–Trinajstić information content (AvgIpc) is 2.71. The fourth-order valence-corrected chi connectivity index (χ4v) is 3.03. The van der Waals surface area contributed by atoms with E-state index in [1.54, 1.807) is 0 Å². The average molecular weight is 433 g/mol. The van der Waals surface area contributed by atoms with E-state index in [1.165, 1.54) is 5.56 Å². The van der Waals surface area contributed by atoms with Gasteiger partial charge in [0.15, 0.2) is 0 Å². The maximum atomic E-state index is 12.7. The predicted molar refractivity (Wildman–Crippen MR) is 116 cm³/mol. The van der Waals surface area contributed by atoms with Crippen molar-refractivity contribution in [3.05, 3.63) is 88.7 Å². The molecular weight excluding hydrogens is 416 g/mol. The lowest BCUT2D eigenvalue weighted by atomic mass is 10.2. The fraction of sp³-hybridized carbons (Fsp3) is 0.0455. The van der Waals surface area contributed by atoms with Crippen molar-refractivity contribution in [3.63, 3.8) is 0 Å². The van der Waals surface area contributed by atoms with Gasteiger partial charge in [-0.25, -0.2) is 9.97 Å². The minimum Gasteiger partial charge on any atom is -0.340 e. The van der Waals surface area contributed by atoms with Gasteiger partial charge in [0.2, 0.25) is 5.82 Å². The summed E-state index contributed by atoms with van der Waals surface area (Å²) in [6.07, 6.45) is 0. The zero-order valence-corrected chi connectivity index (χ0v) is 16.7. The molecule has 1 aromatic heterocycles. The van der Waals surface area contributed by atoms with Gasteiger partial charge in [-0.1, -0.05) is 45.8 Å². The van der Waals surface area contributed by atoms with E-state index in [-0.39, 0.29) is 11.7 Å². The number of benzene rings is 3. The van der Waals surface area contributed by atoms with Crippen LogP contribution in [0.2, 0.25) is 0 Å². The number of nitrogens with one attached hydrogen (secondary N) is 2. The monoisotopic (exact) mass is 432 g/mol. The zero-order valence-electron chi connectivity index (χ0n) is 15.1. The Morgan fingerprint density at radius 3 is 2.29 bits per heavy atom. The third kappa shape index (κ3) is 4.02. The van der Waals surface area contributed by atoms with Gasteiger partial charge < -0.3 is 10.6 Å². The van der Waals surface area contributed by atoms with Crippen molar-refractivity contribution in [1.29, 1.82) is 0 Å². The van der Waals surface area contributed by atoms with E-state index in [1.807, 2.05) is 79.7 Å². The number of aryl methyl sites for hydroxylation is 1. The topological polar surface area (TPSA) is 66.9 Å². The third-order valence-electron chi connectivity index (χ3n) is 4.22. The SMILES string of the molecule is Cc1ccc(Nc2nc(C(=O)Nc3ccc(Br)cc3)nc3ccccc23)cc1. The minimum atomic E-state index is -0.361. The van der Waals surface area contributed by atoms with Crippen LogP contribution in [0.3, 0.4) is 0 Å². The molecular formula is C22H17BrN4O. The molecule has 4 aromatic rings. The molecule has 3 aromatic carbocycles. The summed E-state index contributed by atoms with van der Waals surface area (Å²) in [5, 5.41) is 6.99. The van der Waals surface area contributed by atoms with Crippen LogP contribution in [0.1, 0.15) is 16.2 Å². The number of anilines is 3. The lowest BCUT2D eigenvalue weighted by molar-refractivity contribution is 0.101. The van der Waals surface area contributed by atoms with E-state index in [9.17, 15) is 4.79 Å². The number of aromatic nitrogens is 2. The van der Waals surface area contributed by atoms with Gasteiger partial charge in [0, 0.05) is 21.2 Å². The van der Waals surface area contributed by atoms with Crippen LogP contribution in [0.15, 0.2) is 77.3 Å². The predicted octanol–water partition coefficient (Wildman–Crippen LogP) is 5.70. The van der Waals surface area contributed by atoms with Crippen LogP contribution in [-0.4, -0.2) is 15.9 Å². The first kappa shape index (κ1) is 18.1. The Morgan fingerprint density at radius 2 is 1.54 bits per heavy atom. The lowest BCUT2D eigenvalue weighted by Crippen LogP contribution is -2.16. The normalized spacial score (nSPS) is 10.6. The van der Waals surface area contributed by atoms with Crippen molar-refractivity contribution < 1.29 is 4.79 Å². The second-order valence-electron chi connectivity index (χ2n) is 6.37. The highest BCUT2D eigenvalue weighted by Gasteiger charge is 2.14. The molecule has 0 saturated heterocycles. The Morgan fingerprint density at radius 1 is 0.857 bits per heavy atom. The number of hydrogen-bond donors (Lipinski definition) is 2. The molecule has 0 aliphatic carbocycles. The molecule has 0 atom stereocenters. The molecule has 0 aliphatic rings. The maximum Gasteiger partial charge on any atom is 0.293 e. The summed E-state index contributed by atoms with van der Waals surface area (Å²) in [7, 11) is 0. The van der Waals surface area contributed by atoms with E-state index >= 15 is 0 Å². The summed E-state index contributed by atoms with van der Waals surface area (Å²) in [6, 6.07) is 23.0. The van der Waals surface area contributed by atoms with Gasteiger partial charge in [0.1, 0.15) is 5.82 Å². The third-order valence-corrected chi connectivity index (χ3v) is 4.75. The summed E-state index contributed by atoms with van der Waals surface area (Å²) in [4.78, 5) is 21.6. The summed E-state index contributed by atoms with van der Waals surface area (Å²) >= 11 is 3.38. The zero-order chi connectivity index (χ0) is 19.5. The van der Waals surface area contributed by atoms with Gasteiger partial charge in [0.05, 0.1) is 5.52 Å². The Labute approximate surface area is 171 Å². The van der Waals surface area contributed by atoms with Crippen LogP contribution in [0.5, 0.6) is 0 Å². The highest BCUT2D eigenvalue weighted by atomic mass is 79.9. The lowest BCUT2D eigenvalue weighted by Gasteiger charge is -2.11. The number of carbonyl (C=O) groups excluding carboxylic acids is 1. The number of amides is 1. The molecule has 5 nitrogen and oxygen atoms in total. The van der Waals surface area contributed by atoms with Crippen LogP contribution in [0.4, 0.5) is 17.2 Å². The summed E-state index contributed by atoms with van der Waals surface area (Å²) in [6.45, 7) is 2.04. The van der Waals surface area contributed by atoms with E-state index in [0.29, 0.717) is 17.0 Å². The quantitative estimate of drug-likeness (QED) is 0.434. The van der Waals surface area contributed by atoms with Crippen molar-refractivity contribution in [2.75, 3.05) is 10.6 Å². The Hall–Kier alpha value is -3.25. The van der Waals surface area contributed by atoms with Crippen molar-refractivity contribution in [2.24, 2.45) is 0 Å². The van der Waals surface area contributed by atoms with Crippen LogP contribution in [0, 0.1) is 6.92 Å².